The quantitative estimate of drug-likeness (QED) is 0.114. The van der Waals surface area contributed by atoms with Gasteiger partial charge in [-0.1, -0.05) is 46.7 Å². The lowest BCUT2D eigenvalue weighted by atomic mass is 10.1. The minimum atomic E-state index is -2.34. The molecule has 0 fully saturated rings. The van der Waals surface area contributed by atoms with Crippen molar-refractivity contribution in [1.29, 1.82) is 0 Å². The molecule has 0 bridgehead atoms. The summed E-state index contributed by atoms with van der Waals surface area (Å²) in [6.07, 6.45) is -0.736. The van der Waals surface area contributed by atoms with E-state index in [1.165, 1.54) is 7.11 Å². The van der Waals surface area contributed by atoms with E-state index in [2.05, 4.69) is 64.7 Å². The Hall–Kier alpha value is -1.20. The molecule has 3 atom stereocenters. The van der Waals surface area contributed by atoms with Crippen LogP contribution >= 0.6 is 0 Å². The fourth-order valence-electron chi connectivity index (χ4n) is 2.16. The molecule has 0 saturated carbocycles. The number of hydrogen-bond acceptors (Lipinski definition) is 6. The molecule has 8 nitrogen and oxygen atoms in total. The summed E-state index contributed by atoms with van der Waals surface area (Å²) in [7, 11) is -3.35. The first-order valence-corrected chi connectivity index (χ1v) is 15.7. The molecule has 0 radical (unpaired) electrons. The van der Waals surface area contributed by atoms with Crippen LogP contribution in [0.5, 0.6) is 0 Å². The highest BCUT2D eigenvalue weighted by Crippen LogP contribution is 2.40. The SMILES string of the molecule is COC(=O)[C@H](N=[N+]=[N-])[C@H](C[C@H](C=O)O[Si](C)(C)C(C)(C)C)O[Si](C)(C)C(C)(C)C. The van der Waals surface area contributed by atoms with Gasteiger partial charge in [-0.05, 0) is 41.8 Å². The van der Waals surface area contributed by atoms with Crippen molar-refractivity contribution in [3.05, 3.63) is 10.4 Å². The molecule has 29 heavy (non-hydrogen) atoms. The molecule has 0 spiro atoms. The van der Waals surface area contributed by atoms with Crippen molar-refractivity contribution in [3.8, 4) is 0 Å². The average Bonchev–Trinajstić information content (AvgIpc) is 2.55. The summed E-state index contributed by atoms with van der Waals surface area (Å²) in [5, 5.41) is 3.41. The molecule has 0 aromatic carbocycles. The maximum absolute atomic E-state index is 12.3. The summed E-state index contributed by atoms with van der Waals surface area (Å²) in [6.45, 7) is 20.6. The molecule has 0 aliphatic carbocycles. The van der Waals surface area contributed by atoms with Crippen LogP contribution in [0.2, 0.25) is 36.3 Å². The summed E-state index contributed by atoms with van der Waals surface area (Å²) >= 11 is 0. The second-order valence-electron chi connectivity index (χ2n) is 10.4. The van der Waals surface area contributed by atoms with E-state index in [4.69, 9.17) is 19.1 Å². The van der Waals surface area contributed by atoms with Crippen molar-refractivity contribution >= 4 is 28.9 Å². The van der Waals surface area contributed by atoms with Gasteiger partial charge in [-0.3, -0.25) is 4.79 Å². The van der Waals surface area contributed by atoms with Crippen LogP contribution in [-0.4, -0.2) is 54.2 Å². The van der Waals surface area contributed by atoms with Crippen LogP contribution in [0.3, 0.4) is 0 Å². The van der Waals surface area contributed by atoms with Gasteiger partial charge in [-0.25, -0.2) is 0 Å². The Morgan fingerprint density at radius 1 is 1.03 bits per heavy atom. The third kappa shape index (κ3) is 7.86. The first kappa shape index (κ1) is 27.8. The predicted octanol–water partition coefficient (Wildman–Crippen LogP) is 5.21. The lowest BCUT2D eigenvalue weighted by Gasteiger charge is -2.42. The number of carbonyl (C=O) groups is 2. The highest BCUT2D eigenvalue weighted by Gasteiger charge is 2.44. The molecule has 0 unspecified atom stereocenters. The molecule has 0 heterocycles. The number of hydrogen-bond donors (Lipinski definition) is 0. The van der Waals surface area contributed by atoms with E-state index in [-0.39, 0.29) is 16.5 Å². The van der Waals surface area contributed by atoms with E-state index >= 15 is 0 Å². The zero-order valence-electron chi connectivity index (χ0n) is 19.9. The Bertz CT molecular complexity index is 620. The molecule has 0 aliphatic rings. The molecule has 0 rings (SSSR count). The molecule has 0 aromatic heterocycles. The molecule has 0 aliphatic heterocycles. The van der Waals surface area contributed by atoms with E-state index in [0.717, 1.165) is 6.29 Å². The summed E-state index contributed by atoms with van der Waals surface area (Å²) in [5.41, 5.74) is 8.99. The van der Waals surface area contributed by atoms with Gasteiger partial charge < -0.3 is 18.4 Å². The minimum absolute atomic E-state index is 0.0867. The van der Waals surface area contributed by atoms with E-state index in [9.17, 15) is 9.59 Å². The number of ether oxygens (including phenoxy) is 1. The smallest absolute Gasteiger partial charge is 0.317 e. The first-order chi connectivity index (χ1) is 12.9. The molecule has 0 amide bonds. The zero-order valence-corrected chi connectivity index (χ0v) is 21.9. The van der Waals surface area contributed by atoms with Gasteiger partial charge in [0.1, 0.15) is 12.4 Å². The maximum Gasteiger partial charge on any atom is 0.317 e. The van der Waals surface area contributed by atoms with Crippen molar-refractivity contribution in [1.82, 2.24) is 0 Å². The Labute approximate surface area is 177 Å². The van der Waals surface area contributed by atoms with Crippen LogP contribution in [0.25, 0.3) is 10.4 Å². The van der Waals surface area contributed by atoms with Crippen molar-refractivity contribution in [2.45, 2.75) is 102 Å². The number of methoxy groups -OCH3 is 1. The number of azide groups is 1. The van der Waals surface area contributed by atoms with Crippen LogP contribution < -0.4 is 0 Å². The zero-order chi connectivity index (χ0) is 23.3. The van der Waals surface area contributed by atoms with Gasteiger partial charge in [-0.2, -0.15) is 0 Å². The first-order valence-electron chi connectivity index (χ1n) is 9.86. The van der Waals surface area contributed by atoms with Gasteiger partial charge in [0.25, 0.3) is 0 Å². The molecular weight excluding hydrogens is 406 g/mol. The highest BCUT2D eigenvalue weighted by atomic mass is 28.4. The van der Waals surface area contributed by atoms with Crippen molar-refractivity contribution < 1.29 is 23.2 Å². The molecule has 0 saturated heterocycles. The molecule has 0 aromatic rings. The van der Waals surface area contributed by atoms with Crippen molar-refractivity contribution in [3.63, 3.8) is 0 Å². The van der Waals surface area contributed by atoms with Crippen LogP contribution in [0.15, 0.2) is 5.11 Å². The van der Waals surface area contributed by atoms with Crippen LogP contribution in [0.4, 0.5) is 0 Å². The summed E-state index contributed by atoms with van der Waals surface area (Å²) < 4.78 is 17.5. The van der Waals surface area contributed by atoms with Crippen LogP contribution in [0, 0.1) is 0 Å². The van der Waals surface area contributed by atoms with Crippen LogP contribution in [0.1, 0.15) is 48.0 Å². The van der Waals surface area contributed by atoms with Gasteiger partial charge in [-0.15, -0.1) is 0 Å². The molecule has 0 N–H and O–H groups in total. The van der Waals surface area contributed by atoms with Crippen molar-refractivity contribution in [2.75, 3.05) is 7.11 Å². The largest absolute Gasteiger partial charge is 0.469 e. The maximum atomic E-state index is 12.3. The minimum Gasteiger partial charge on any atom is -0.469 e. The molecule has 168 valence electrons. The number of aldehydes is 1. The summed E-state index contributed by atoms with van der Waals surface area (Å²) in [6, 6.07) is -1.19. The third-order valence-electron chi connectivity index (χ3n) is 6.09. The Morgan fingerprint density at radius 2 is 1.48 bits per heavy atom. The number of rotatable bonds is 10. The summed E-state index contributed by atoms with van der Waals surface area (Å²) in [4.78, 5) is 27.0. The Kier molecular flexibility index (Phi) is 9.79. The lowest BCUT2D eigenvalue weighted by molar-refractivity contribution is -0.145. The number of carbonyl (C=O) groups excluding carboxylic acids is 2. The van der Waals surface area contributed by atoms with Gasteiger partial charge in [0.05, 0.1) is 13.2 Å². The van der Waals surface area contributed by atoms with Crippen LogP contribution in [-0.2, 0) is 23.2 Å². The van der Waals surface area contributed by atoms with Gasteiger partial charge in [0.15, 0.2) is 22.7 Å². The Balaban J connectivity index is 5.99. The number of nitrogens with zero attached hydrogens (tertiary/aromatic N) is 3. The van der Waals surface area contributed by atoms with Gasteiger partial charge in [0.2, 0.25) is 0 Å². The monoisotopic (exact) mass is 445 g/mol. The topological polar surface area (TPSA) is 111 Å². The predicted molar refractivity (Wildman–Crippen MR) is 120 cm³/mol. The van der Waals surface area contributed by atoms with E-state index in [1.54, 1.807) is 0 Å². The highest BCUT2D eigenvalue weighted by molar-refractivity contribution is 6.74. The van der Waals surface area contributed by atoms with E-state index < -0.39 is 40.9 Å². The Morgan fingerprint density at radius 3 is 1.83 bits per heavy atom. The normalized spacial score (nSPS) is 16.4. The average molecular weight is 446 g/mol. The third-order valence-corrected chi connectivity index (χ3v) is 15.1. The second kappa shape index (κ2) is 10.2. The fourth-order valence-corrected chi connectivity index (χ4v) is 4.76. The van der Waals surface area contributed by atoms with E-state index in [0.29, 0.717) is 0 Å². The van der Waals surface area contributed by atoms with Gasteiger partial charge in [0, 0.05) is 11.3 Å². The molecular formula is C19H39N3O5Si2. The fraction of sp³-hybridized carbons (Fsp3) is 0.895. The second-order valence-corrected chi connectivity index (χ2v) is 19.9. The molecule has 10 heteroatoms. The summed E-state index contributed by atoms with van der Waals surface area (Å²) in [5.74, 6) is -0.691. The van der Waals surface area contributed by atoms with E-state index in [1.807, 2.05) is 13.1 Å². The standard InChI is InChI=1S/C19H39N3O5Si2/c1-18(2,3)28(8,9)26-14(13-23)12-15(16(21-22-20)17(24)25-7)27-29(10,11)19(4,5)6/h13-16H,12H2,1-11H3/t14-,15+,16-/m1/s1. The van der Waals surface area contributed by atoms with Gasteiger partial charge >= 0.3 is 5.97 Å². The van der Waals surface area contributed by atoms with Crippen molar-refractivity contribution in [2.24, 2.45) is 5.11 Å². The lowest BCUT2D eigenvalue weighted by Crippen LogP contribution is -2.51. The number of esters is 1.